The maximum absolute atomic E-state index is 13.2. The van der Waals surface area contributed by atoms with Crippen molar-refractivity contribution in [1.82, 2.24) is 0 Å². The van der Waals surface area contributed by atoms with E-state index in [1.807, 2.05) is 6.07 Å². The van der Waals surface area contributed by atoms with E-state index in [9.17, 15) is 4.39 Å². The van der Waals surface area contributed by atoms with Crippen LogP contribution in [0.25, 0.3) is 0 Å². The van der Waals surface area contributed by atoms with Gasteiger partial charge in [-0.05, 0) is 55.8 Å². The Balaban J connectivity index is 1.81. The van der Waals surface area contributed by atoms with Gasteiger partial charge in [-0.2, -0.15) is 0 Å². The Morgan fingerprint density at radius 3 is 3.00 bits per heavy atom. The molecule has 0 amide bonds. The molecule has 3 heteroatoms. The molecular formula is C15H22FNO. The van der Waals surface area contributed by atoms with Crippen molar-refractivity contribution in [3.8, 4) is 0 Å². The highest BCUT2D eigenvalue weighted by molar-refractivity contribution is 5.20. The predicted octanol–water partition coefficient (Wildman–Crippen LogP) is 3.22. The van der Waals surface area contributed by atoms with Gasteiger partial charge in [0.15, 0.2) is 0 Å². The van der Waals surface area contributed by atoms with Gasteiger partial charge in [0.05, 0.1) is 6.10 Å². The molecule has 1 aliphatic heterocycles. The monoisotopic (exact) mass is 251 g/mol. The van der Waals surface area contributed by atoms with Crippen molar-refractivity contribution in [3.63, 3.8) is 0 Å². The van der Waals surface area contributed by atoms with E-state index in [0.717, 1.165) is 31.4 Å². The van der Waals surface area contributed by atoms with Crippen LogP contribution in [0.2, 0.25) is 0 Å². The van der Waals surface area contributed by atoms with Gasteiger partial charge < -0.3 is 10.5 Å². The van der Waals surface area contributed by atoms with E-state index in [4.69, 9.17) is 10.5 Å². The van der Waals surface area contributed by atoms with Crippen LogP contribution in [0.5, 0.6) is 0 Å². The molecule has 0 radical (unpaired) electrons. The molecule has 100 valence electrons. The van der Waals surface area contributed by atoms with Crippen LogP contribution in [0, 0.1) is 5.82 Å². The lowest BCUT2D eigenvalue weighted by molar-refractivity contribution is 0.101. The number of rotatable bonds is 6. The first kappa shape index (κ1) is 13.5. The molecule has 0 bridgehead atoms. The smallest absolute Gasteiger partial charge is 0.123 e. The summed E-state index contributed by atoms with van der Waals surface area (Å²) in [6.07, 6.45) is 6.03. The molecule has 1 aliphatic rings. The zero-order valence-corrected chi connectivity index (χ0v) is 10.8. The lowest BCUT2D eigenvalue weighted by Crippen LogP contribution is -2.14. The summed E-state index contributed by atoms with van der Waals surface area (Å²) in [6.45, 7) is 1.49. The average Bonchev–Trinajstić information content (AvgIpc) is 2.88. The van der Waals surface area contributed by atoms with Gasteiger partial charge in [-0.1, -0.05) is 18.6 Å². The second kappa shape index (κ2) is 6.86. The largest absolute Gasteiger partial charge is 0.378 e. The van der Waals surface area contributed by atoms with E-state index in [0.29, 0.717) is 12.6 Å². The topological polar surface area (TPSA) is 35.2 Å². The molecule has 0 aromatic heterocycles. The average molecular weight is 251 g/mol. The quantitative estimate of drug-likeness (QED) is 0.842. The van der Waals surface area contributed by atoms with Gasteiger partial charge in [0.25, 0.3) is 0 Å². The summed E-state index contributed by atoms with van der Waals surface area (Å²) in [4.78, 5) is 0. The number of halogens is 1. The number of hydrogen-bond acceptors (Lipinski definition) is 2. The van der Waals surface area contributed by atoms with Crippen LogP contribution in [-0.4, -0.2) is 19.3 Å². The van der Waals surface area contributed by atoms with Crippen molar-refractivity contribution in [1.29, 1.82) is 0 Å². The van der Waals surface area contributed by atoms with E-state index in [1.54, 1.807) is 12.1 Å². The normalized spacial score (nSPS) is 21.1. The Hall–Kier alpha value is -0.930. The van der Waals surface area contributed by atoms with Crippen molar-refractivity contribution < 1.29 is 9.13 Å². The van der Waals surface area contributed by atoms with Crippen molar-refractivity contribution in [2.45, 2.75) is 44.1 Å². The van der Waals surface area contributed by atoms with Crippen molar-refractivity contribution in [3.05, 3.63) is 35.6 Å². The third kappa shape index (κ3) is 3.79. The lowest BCUT2D eigenvalue weighted by Gasteiger charge is -2.16. The van der Waals surface area contributed by atoms with Crippen LogP contribution in [-0.2, 0) is 4.74 Å². The van der Waals surface area contributed by atoms with Crippen molar-refractivity contribution in [2.24, 2.45) is 5.73 Å². The van der Waals surface area contributed by atoms with E-state index in [2.05, 4.69) is 0 Å². The summed E-state index contributed by atoms with van der Waals surface area (Å²) >= 11 is 0. The first-order chi connectivity index (χ1) is 8.79. The first-order valence-electron chi connectivity index (χ1n) is 6.86. The number of hydrogen-bond donors (Lipinski definition) is 1. The van der Waals surface area contributed by atoms with Crippen LogP contribution in [0.15, 0.2) is 24.3 Å². The molecule has 1 saturated heterocycles. The highest BCUT2D eigenvalue weighted by Crippen LogP contribution is 2.24. The third-order valence-electron chi connectivity index (χ3n) is 3.71. The highest BCUT2D eigenvalue weighted by atomic mass is 19.1. The van der Waals surface area contributed by atoms with E-state index in [1.165, 1.54) is 18.9 Å². The second-order valence-corrected chi connectivity index (χ2v) is 5.05. The zero-order valence-electron chi connectivity index (χ0n) is 10.8. The maximum Gasteiger partial charge on any atom is 0.123 e. The molecule has 1 aromatic rings. The molecule has 0 aliphatic carbocycles. The van der Waals surface area contributed by atoms with Gasteiger partial charge in [-0.3, -0.25) is 0 Å². The molecule has 18 heavy (non-hydrogen) atoms. The fourth-order valence-electron chi connectivity index (χ4n) is 2.65. The Bertz CT molecular complexity index is 363. The number of benzene rings is 1. The van der Waals surface area contributed by atoms with Crippen LogP contribution in [0.1, 0.15) is 43.6 Å². The van der Waals surface area contributed by atoms with Crippen molar-refractivity contribution >= 4 is 0 Å². The van der Waals surface area contributed by atoms with Crippen LogP contribution < -0.4 is 5.73 Å². The Labute approximate surface area is 108 Å². The molecule has 1 fully saturated rings. The molecule has 2 unspecified atom stereocenters. The number of nitrogens with two attached hydrogens (primary N) is 1. The lowest BCUT2D eigenvalue weighted by atomic mass is 9.92. The molecule has 1 aromatic carbocycles. The molecule has 2 rings (SSSR count). The van der Waals surface area contributed by atoms with Gasteiger partial charge in [0.2, 0.25) is 0 Å². The fraction of sp³-hybridized carbons (Fsp3) is 0.600. The molecule has 0 spiro atoms. The summed E-state index contributed by atoms with van der Waals surface area (Å²) in [5.41, 5.74) is 6.81. The summed E-state index contributed by atoms with van der Waals surface area (Å²) in [7, 11) is 0. The van der Waals surface area contributed by atoms with Gasteiger partial charge in [-0.25, -0.2) is 4.39 Å². The SMILES string of the molecule is NCC(CCCC1CCCO1)c1cccc(F)c1. The fourth-order valence-corrected chi connectivity index (χ4v) is 2.65. The van der Waals surface area contributed by atoms with Crippen LogP contribution >= 0.6 is 0 Å². The van der Waals surface area contributed by atoms with E-state index in [-0.39, 0.29) is 11.7 Å². The molecule has 1 heterocycles. The Morgan fingerprint density at radius 2 is 2.33 bits per heavy atom. The zero-order chi connectivity index (χ0) is 12.8. The van der Waals surface area contributed by atoms with Crippen molar-refractivity contribution in [2.75, 3.05) is 13.2 Å². The third-order valence-corrected chi connectivity index (χ3v) is 3.71. The second-order valence-electron chi connectivity index (χ2n) is 5.05. The van der Waals surface area contributed by atoms with Gasteiger partial charge in [-0.15, -0.1) is 0 Å². The molecule has 2 nitrogen and oxygen atoms in total. The van der Waals surface area contributed by atoms with Crippen LogP contribution in [0.4, 0.5) is 4.39 Å². The molecule has 2 atom stereocenters. The highest BCUT2D eigenvalue weighted by Gasteiger charge is 2.16. The minimum absolute atomic E-state index is 0.176. The Kier molecular flexibility index (Phi) is 5.14. The molecule has 2 N–H and O–H groups in total. The minimum Gasteiger partial charge on any atom is -0.378 e. The van der Waals surface area contributed by atoms with Crippen LogP contribution in [0.3, 0.4) is 0 Å². The Morgan fingerprint density at radius 1 is 1.44 bits per heavy atom. The van der Waals surface area contributed by atoms with E-state index >= 15 is 0 Å². The number of ether oxygens (including phenoxy) is 1. The van der Waals surface area contributed by atoms with Gasteiger partial charge >= 0.3 is 0 Å². The summed E-state index contributed by atoms with van der Waals surface area (Å²) in [6, 6.07) is 6.80. The van der Waals surface area contributed by atoms with Gasteiger partial charge in [0.1, 0.15) is 5.82 Å². The molecular weight excluding hydrogens is 229 g/mol. The summed E-state index contributed by atoms with van der Waals surface area (Å²) in [5, 5.41) is 0. The van der Waals surface area contributed by atoms with E-state index < -0.39 is 0 Å². The van der Waals surface area contributed by atoms with Gasteiger partial charge in [0, 0.05) is 6.61 Å². The maximum atomic E-state index is 13.2. The molecule has 0 saturated carbocycles. The first-order valence-corrected chi connectivity index (χ1v) is 6.86. The summed E-state index contributed by atoms with van der Waals surface area (Å²) < 4.78 is 18.8. The predicted molar refractivity (Wildman–Crippen MR) is 71.0 cm³/mol. The summed E-state index contributed by atoms with van der Waals surface area (Å²) in [5.74, 6) is 0.0900. The minimum atomic E-state index is -0.176. The standard InChI is InChI=1S/C15H22FNO/c16-14-6-1-4-12(10-14)13(11-17)5-2-7-15-8-3-9-18-15/h1,4,6,10,13,15H,2-3,5,7-9,11,17H2.